The average Bonchev–Trinajstić information content (AvgIpc) is 2.99. The molecule has 0 bridgehead atoms. The lowest BCUT2D eigenvalue weighted by Crippen LogP contribution is -2.49. The maximum atomic E-state index is 12.5. The molecule has 3 heterocycles. The Bertz CT molecular complexity index is 960. The van der Waals surface area contributed by atoms with E-state index in [9.17, 15) is 13.2 Å². The van der Waals surface area contributed by atoms with Crippen LogP contribution in [0.25, 0.3) is 10.9 Å². The fourth-order valence-electron chi connectivity index (χ4n) is 3.53. The number of hydrogen-bond donors (Lipinski definition) is 0. The predicted molar refractivity (Wildman–Crippen MR) is 99.4 cm³/mol. The highest BCUT2D eigenvalue weighted by atomic mass is 32.2. The van der Waals surface area contributed by atoms with Gasteiger partial charge >= 0.3 is 0 Å². The normalized spacial score (nSPS) is 22.1. The van der Waals surface area contributed by atoms with Crippen molar-refractivity contribution in [1.29, 1.82) is 0 Å². The molecule has 7 nitrogen and oxygen atoms in total. The molecular formula is C18H20N4O3S. The van der Waals surface area contributed by atoms with Crippen molar-refractivity contribution in [2.45, 2.75) is 6.42 Å². The van der Waals surface area contributed by atoms with E-state index < -0.39 is 9.84 Å². The first-order valence-corrected chi connectivity index (χ1v) is 10.4. The summed E-state index contributed by atoms with van der Waals surface area (Å²) < 4.78 is 23.0. The molecule has 2 aliphatic heterocycles. The molecule has 26 heavy (non-hydrogen) atoms. The van der Waals surface area contributed by atoms with E-state index in [1.54, 1.807) is 12.4 Å². The number of carbonyl (C=O) groups excluding carboxylic acids is 1. The minimum absolute atomic E-state index is 0.0175. The van der Waals surface area contributed by atoms with Gasteiger partial charge in [-0.1, -0.05) is 18.2 Å². The number of fused-ring (bicyclic) bond motifs is 1. The Balaban J connectivity index is 1.39. The van der Waals surface area contributed by atoms with Crippen molar-refractivity contribution >= 4 is 32.5 Å². The van der Waals surface area contributed by atoms with E-state index >= 15 is 0 Å². The molecule has 2 aromatic rings. The van der Waals surface area contributed by atoms with Crippen LogP contribution in [0.4, 0.5) is 5.82 Å². The van der Waals surface area contributed by atoms with E-state index in [-0.39, 0.29) is 24.0 Å². The molecule has 0 radical (unpaired) electrons. The van der Waals surface area contributed by atoms with Crippen molar-refractivity contribution in [3.8, 4) is 0 Å². The van der Waals surface area contributed by atoms with Gasteiger partial charge in [-0.25, -0.2) is 18.4 Å². The number of amides is 1. The number of hydrogen-bond acceptors (Lipinski definition) is 6. The van der Waals surface area contributed by atoms with Gasteiger partial charge in [0.05, 0.1) is 11.3 Å². The lowest BCUT2D eigenvalue weighted by Gasteiger charge is -2.36. The summed E-state index contributed by atoms with van der Waals surface area (Å²) in [6.07, 6.45) is 3.46. The van der Waals surface area contributed by atoms with Crippen molar-refractivity contribution in [2.75, 3.05) is 36.8 Å². The Morgan fingerprint density at radius 1 is 1.12 bits per heavy atom. The minimum atomic E-state index is -3.11. The zero-order valence-electron chi connectivity index (χ0n) is 14.3. The molecule has 4 rings (SSSR count). The molecule has 0 N–H and O–H groups in total. The van der Waals surface area contributed by atoms with Crippen molar-refractivity contribution in [3.63, 3.8) is 0 Å². The molecule has 1 aromatic carbocycles. The number of aromatic nitrogens is 2. The second-order valence-corrected chi connectivity index (χ2v) is 8.64. The first-order valence-electron chi connectivity index (χ1n) is 8.65. The SMILES string of the molecule is O=C(C[C@@H]1C=CS(=O)(=O)C1)N1CCN(c2ncnc3ccccc23)CC1. The maximum Gasteiger partial charge on any atom is 0.223 e. The van der Waals surface area contributed by atoms with Crippen LogP contribution >= 0.6 is 0 Å². The molecule has 0 unspecified atom stereocenters. The lowest BCUT2D eigenvalue weighted by molar-refractivity contribution is -0.132. The number of sulfone groups is 1. The number of anilines is 1. The molecule has 2 aliphatic rings. The zero-order valence-corrected chi connectivity index (χ0v) is 15.1. The van der Waals surface area contributed by atoms with E-state index in [4.69, 9.17) is 0 Å². The number of carbonyl (C=O) groups is 1. The molecule has 0 saturated carbocycles. The number of rotatable bonds is 3. The first-order chi connectivity index (χ1) is 12.5. The van der Waals surface area contributed by atoms with E-state index in [1.165, 1.54) is 5.41 Å². The van der Waals surface area contributed by atoms with Crippen LogP contribution in [-0.2, 0) is 14.6 Å². The van der Waals surface area contributed by atoms with E-state index in [1.807, 2.05) is 29.2 Å². The summed E-state index contributed by atoms with van der Waals surface area (Å²) in [4.78, 5) is 25.2. The molecule has 1 fully saturated rings. The number of para-hydroxylation sites is 1. The quantitative estimate of drug-likeness (QED) is 0.806. The van der Waals surface area contributed by atoms with Crippen LogP contribution in [0.5, 0.6) is 0 Å². The third kappa shape index (κ3) is 3.41. The minimum Gasteiger partial charge on any atom is -0.352 e. The monoisotopic (exact) mass is 372 g/mol. The zero-order chi connectivity index (χ0) is 18.1. The summed E-state index contributed by atoms with van der Waals surface area (Å²) >= 11 is 0. The highest BCUT2D eigenvalue weighted by Gasteiger charge is 2.28. The standard InChI is InChI=1S/C18H20N4O3S/c23-17(11-14-5-10-26(24,25)12-14)21-6-8-22(9-7-21)18-15-3-1-2-4-16(15)19-13-20-18/h1-5,10,13-14H,6-9,11-12H2/t14-/m0/s1. The Morgan fingerprint density at radius 3 is 2.62 bits per heavy atom. The molecule has 1 atom stereocenters. The van der Waals surface area contributed by atoms with Crippen LogP contribution in [0.15, 0.2) is 42.1 Å². The highest BCUT2D eigenvalue weighted by molar-refractivity contribution is 7.94. The molecule has 136 valence electrons. The van der Waals surface area contributed by atoms with Crippen LogP contribution in [0.1, 0.15) is 6.42 Å². The van der Waals surface area contributed by atoms with Crippen molar-refractivity contribution in [2.24, 2.45) is 5.92 Å². The highest BCUT2D eigenvalue weighted by Crippen LogP contribution is 2.24. The van der Waals surface area contributed by atoms with Gasteiger partial charge in [0.1, 0.15) is 12.1 Å². The molecule has 1 aromatic heterocycles. The molecule has 1 amide bonds. The fourth-order valence-corrected chi connectivity index (χ4v) is 4.93. The predicted octanol–water partition coefficient (Wildman–Crippen LogP) is 1.23. The van der Waals surface area contributed by atoms with Gasteiger partial charge in [0.15, 0.2) is 9.84 Å². The van der Waals surface area contributed by atoms with E-state index in [0.29, 0.717) is 26.2 Å². The Kier molecular flexibility index (Phi) is 4.36. The summed E-state index contributed by atoms with van der Waals surface area (Å²) in [6.45, 7) is 2.62. The van der Waals surface area contributed by atoms with Gasteiger partial charge in [0, 0.05) is 49.3 Å². The fraction of sp³-hybridized carbons (Fsp3) is 0.389. The van der Waals surface area contributed by atoms with Gasteiger partial charge in [0.25, 0.3) is 0 Å². The topological polar surface area (TPSA) is 83.5 Å². The first kappa shape index (κ1) is 17.0. The molecular weight excluding hydrogens is 352 g/mol. The van der Waals surface area contributed by atoms with E-state index in [0.717, 1.165) is 16.7 Å². The lowest BCUT2D eigenvalue weighted by atomic mass is 10.1. The van der Waals surface area contributed by atoms with Crippen LogP contribution in [-0.4, -0.2) is 61.1 Å². The molecule has 8 heteroatoms. The molecule has 0 spiro atoms. The second-order valence-electron chi connectivity index (χ2n) is 6.70. The number of piperazine rings is 1. The summed E-state index contributed by atoms with van der Waals surface area (Å²) in [5.74, 6) is 0.763. The van der Waals surface area contributed by atoms with E-state index in [2.05, 4.69) is 14.9 Å². The number of allylic oxidation sites excluding steroid dienone is 1. The third-order valence-corrected chi connectivity index (χ3v) is 6.36. The average molecular weight is 372 g/mol. The van der Waals surface area contributed by atoms with Gasteiger partial charge in [0.2, 0.25) is 5.91 Å². The van der Waals surface area contributed by atoms with Crippen LogP contribution < -0.4 is 4.90 Å². The maximum absolute atomic E-state index is 12.5. The van der Waals surface area contributed by atoms with Gasteiger partial charge in [-0.05, 0) is 12.1 Å². The van der Waals surface area contributed by atoms with Crippen LogP contribution in [0.3, 0.4) is 0 Å². The summed E-state index contributed by atoms with van der Waals surface area (Å²) in [5, 5.41) is 2.24. The van der Waals surface area contributed by atoms with Gasteiger partial charge in [-0.15, -0.1) is 0 Å². The van der Waals surface area contributed by atoms with Gasteiger partial charge in [-0.2, -0.15) is 0 Å². The molecule has 0 aliphatic carbocycles. The Hall–Kier alpha value is -2.48. The number of nitrogens with zero attached hydrogens (tertiary/aromatic N) is 4. The smallest absolute Gasteiger partial charge is 0.223 e. The van der Waals surface area contributed by atoms with Gasteiger partial charge in [-0.3, -0.25) is 4.79 Å². The third-order valence-electron chi connectivity index (χ3n) is 4.89. The summed E-state index contributed by atoms with van der Waals surface area (Å²) in [6, 6.07) is 7.89. The van der Waals surface area contributed by atoms with Crippen LogP contribution in [0, 0.1) is 5.92 Å². The Morgan fingerprint density at radius 2 is 1.88 bits per heavy atom. The van der Waals surface area contributed by atoms with Crippen molar-refractivity contribution < 1.29 is 13.2 Å². The van der Waals surface area contributed by atoms with Gasteiger partial charge < -0.3 is 9.80 Å². The van der Waals surface area contributed by atoms with Crippen molar-refractivity contribution in [1.82, 2.24) is 14.9 Å². The second kappa shape index (κ2) is 6.68. The summed E-state index contributed by atoms with van der Waals surface area (Å²) in [5.41, 5.74) is 0.908. The Labute approximate surface area is 152 Å². The summed E-state index contributed by atoms with van der Waals surface area (Å²) in [7, 11) is -3.11. The van der Waals surface area contributed by atoms with Crippen molar-refractivity contribution in [3.05, 3.63) is 42.1 Å². The van der Waals surface area contributed by atoms with Crippen LogP contribution in [0.2, 0.25) is 0 Å². The molecule has 1 saturated heterocycles. The largest absolute Gasteiger partial charge is 0.352 e. The number of benzene rings is 1.